The van der Waals surface area contributed by atoms with Crippen LogP contribution in [0.1, 0.15) is 18.5 Å². The van der Waals surface area contributed by atoms with Crippen molar-refractivity contribution in [2.75, 3.05) is 25.5 Å². The number of nitrogens with one attached hydrogen (secondary N) is 1. The summed E-state index contributed by atoms with van der Waals surface area (Å²) in [4.78, 5) is 33.0. The average molecular weight is 382 g/mol. The lowest BCUT2D eigenvalue weighted by Gasteiger charge is -2.20. The Balaban J connectivity index is 1.32. The van der Waals surface area contributed by atoms with Crippen molar-refractivity contribution in [2.45, 2.75) is 19.4 Å². The van der Waals surface area contributed by atoms with Gasteiger partial charge in [0, 0.05) is 43.4 Å². The minimum atomic E-state index is -0.340. The third kappa shape index (κ3) is 3.69. The van der Waals surface area contributed by atoms with Gasteiger partial charge in [-0.2, -0.15) is 0 Å². The van der Waals surface area contributed by atoms with Gasteiger partial charge in [-0.1, -0.05) is 6.07 Å². The SMILES string of the molecule is CN(Cc1ccccn1)C(=O)[C@H]1C[C@@]12CCN(C(=O)Nc1ccc(F)cc1)C2. The van der Waals surface area contributed by atoms with E-state index < -0.39 is 0 Å². The highest BCUT2D eigenvalue weighted by molar-refractivity contribution is 5.90. The van der Waals surface area contributed by atoms with E-state index in [2.05, 4.69) is 10.3 Å². The number of hydrogen-bond acceptors (Lipinski definition) is 3. The number of hydrogen-bond donors (Lipinski definition) is 1. The Labute approximate surface area is 163 Å². The molecule has 1 saturated carbocycles. The Morgan fingerprint density at radius 2 is 2.07 bits per heavy atom. The summed E-state index contributed by atoms with van der Waals surface area (Å²) in [5.74, 6) is -0.261. The van der Waals surface area contributed by atoms with Crippen LogP contribution < -0.4 is 5.32 Å². The van der Waals surface area contributed by atoms with Crippen molar-refractivity contribution in [3.8, 4) is 0 Å². The van der Waals surface area contributed by atoms with Gasteiger partial charge in [-0.05, 0) is 49.2 Å². The van der Waals surface area contributed by atoms with Crippen LogP contribution in [-0.4, -0.2) is 46.9 Å². The van der Waals surface area contributed by atoms with Gasteiger partial charge >= 0.3 is 6.03 Å². The molecule has 3 amide bonds. The largest absolute Gasteiger partial charge is 0.340 e. The van der Waals surface area contributed by atoms with Crippen LogP contribution in [0.15, 0.2) is 48.7 Å². The fourth-order valence-electron chi connectivity index (χ4n) is 4.03. The first kappa shape index (κ1) is 18.4. The zero-order valence-corrected chi connectivity index (χ0v) is 15.8. The van der Waals surface area contributed by atoms with Gasteiger partial charge in [0.25, 0.3) is 0 Å². The molecule has 28 heavy (non-hydrogen) atoms. The lowest BCUT2D eigenvalue weighted by atomic mass is 10.0. The predicted octanol–water partition coefficient (Wildman–Crippen LogP) is 3.12. The van der Waals surface area contributed by atoms with Gasteiger partial charge in [0.05, 0.1) is 12.2 Å². The lowest BCUT2D eigenvalue weighted by Crippen LogP contribution is -2.34. The number of benzene rings is 1. The lowest BCUT2D eigenvalue weighted by molar-refractivity contribution is -0.132. The Hall–Kier alpha value is -2.96. The van der Waals surface area contributed by atoms with Crippen LogP contribution in [0.5, 0.6) is 0 Å². The molecule has 1 aromatic carbocycles. The zero-order chi connectivity index (χ0) is 19.7. The van der Waals surface area contributed by atoms with Crippen molar-refractivity contribution in [1.29, 1.82) is 0 Å². The van der Waals surface area contributed by atoms with E-state index in [1.165, 1.54) is 24.3 Å². The molecule has 2 heterocycles. The highest BCUT2D eigenvalue weighted by Crippen LogP contribution is 2.59. The van der Waals surface area contributed by atoms with Gasteiger partial charge in [0.15, 0.2) is 0 Å². The fraction of sp³-hybridized carbons (Fsp3) is 0.381. The third-order valence-electron chi connectivity index (χ3n) is 5.76. The van der Waals surface area contributed by atoms with E-state index in [-0.39, 0.29) is 29.1 Å². The normalized spacial score (nSPS) is 22.9. The molecule has 1 aliphatic carbocycles. The van der Waals surface area contributed by atoms with Crippen LogP contribution in [0.3, 0.4) is 0 Å². The quantitative estimate of drug-likeness (QED) is 0.884. The minimum Gasteiger partial charge on any atom is -0.340 e. The van der Waals surface area contributed by atoms with E-state index >= 15 is 0 Å². The maximum absolute atomic E-state index is 13.0. The molecule has 6 nitrogen and oxygen atoms in total. The Morgan fingerprint density at radius 1 is 1.29 bits per heavy atom. The number of pyridine rings is 1. The molecule has 1 aromatic heterocycles. The second-order valence-electron chi connectivity index (χ2n) is 7.74. The van der Waals surface area contributed by atoms with E-state index in [9.17, 15) is 14.0 Å². The number of anilines is 1. The standard InChI is InChI=1S/C21H23FN4O2/c1-25(13-17-4-2-3-10-23-17)19(27)18-12-21(18)9-11-26(14-21)20(28)24-16-7-5-15(22)6-8-16/h2-8,10,18H,9,11-14H2,1H3,(H,24,28)/t18-,21-/m1/s1. The van der Waals surface area contributed by atoms with Gasteiger partial charge in [-0.3, -0.25) is 9.78 Å². The van der Waals surface area contributed by atoms with Crippen molar-refractivity contribution >= 4 is 17.6 Å². The fourth-order valence-corrected chi connectivity index (χ4v) is 4.03. The number of rotatable bonds is 4. The first-order valence-corrected chi connectivity index (χ1v) is 9.43. The van der Waals surface area contributed by atoms with Crippen LogP contribution in [0.25, 0.3) is 0 Å². The molecule has 2 aromatic rings. The number of likely N-dealkylation sites (tertiary alicyclic amines) is 1. The summed E-state index contributed by atoms with van der Waals surface area (Å²) in [7, 11) is 1.80. The van der Waals surface area contributed by atoms with E-state index in [0.29, 0.717) is 25.3 Å². The maximum Gasteiger partial charge on any atom is 0.321 e. The van der Waals surface area contributed by atoms with Crippen LogP contribution in [0.2, 0.25) is 0 Å². The summed E-state index contributed by atoms with van der Waals surface area (Å²) in [5, 5.41) is 2.79. The molecule has 0 unspecified atom stereocenters. The van der Waals surface area contributed by atoms with Crippen molar-refractivity contribution in [1.82, 2.24) is 14.8 Å². The minimum absolute atomic E-state index is 0.0372. The van der Waals surface area contributed by atoms with Gasteiger partial charge in [-0.15, -0.1) is 0 Å². The molecule has 2 atom stereocenters. The van der Waals surface area contributed by atoms with Crippen molar-refractivity contribution < 1.29 is 14.0 Å². The first-order valence-electron chi connectivity index (χ1n) is 9.43. The molecule has 1 saturated heterocycles. The van der Waals surface area contributed by atoms with Crippen LogP contribution >= 0.6 is 0 Å². The van der Waals surface area contributed by atoms with Gasteiger partial charge in [0.2, 0.25) is 5.91 Å². The van der Waals surface area contributed by atoms with Crippen LogP contribution in [0.4, 0.5) is 14.9 Å². The molecule has 146 valence electrons. The van der Waals surface area contributed by atoms with E-state index in [0.717, 1.165) is 18.5 Å². The van der Waals surface area contributed by atoms with Gasteiger partial charge < -0.3 is 15.1 Å². The Bertz CT molecular complexity index is 874. The summed E-state index contributed by atoms with van der Waals surface area (Å²) in [6, 6.07) is 11.2. The van der Waals surface area contributed by atoms with E-state index in [1.807, 2.05) is 18.2 Å². The summed E-state index contributed by atoms with van der Waals surface area (Å²) in [6.07, 6.45) is 3.37. The topological polar surface area (TPSA) is 65.5 Å². The molecule has 0 bridgehead atoms. The number of carbonyl (C=O) groups is 2. The highest BCUT2D eigenvalue weighted by Gasteiger charge is 2.61. The summed E-state index contributed by atoms with van der Waals surface area (Å²) < 4.78 is 13.0. The smallest absolute Gasteiger partial charge is 0.321 e. The van der Waals surface area contributed by atoms with E-state index in [4.69, 9.17) is 0 Å². The molecule has 1 spiro atoms. The number of aromatic nitrogens is 1. The molecular formula is C21H23FN4O2. The number of amides is 3. The average Bonchev–Trinajstić information content (AvgIpc) is 3.22. The number of carbonyl (C=O) groups excluding carboxylic acids is 2. The molecule has 2 aliphatic rings. The zero-order valence-electron chi connectivity index (χ0n) is 15.8. The van der Waals surface area contributed by atoms with Crippen molar-refractivity contribution in [3.63, 3.8) is 0 Å². The summed E-state index contributed by atoms with van der Waals surface area (Å²) in [5.41, 5.74) is 1.32. The Kier molecular flexibility index (Phi) is 4.75. The summed E-state index contributed by atoms with van der Waals surface area (Å²) in [6.45, 7) is 1.69. The molecule has 0 radical (unpaired) electrons. The highest BCUT2D eigenvalue weighted by atomic mass is 19.1. The third-order valence-corrected chi connectivity index (χ3v) is 5.76. The summed E-state index contributed by atoms with van der Waals surface area (Å²) >= 11 is 0. The van der Waals surface area contributed by atoms with Crippen LogP contribution in [-0.2, 0) is 11.3 Å². The molecule has 2 fully saturated rings. The number of urea groups is 1. The molecule has 7 heteroatoms. The van der Waals surface area contributed by atoms with Gasteiger partial charge in [0.1, 0.15) is 5.82 Å². The first-order chi connectivity index (χ1) is 13.5. The number of halogens is 1. The van der Waals surface area contributed by atoms with Gasteiger partial charge in [-0.25, -0.2) is 9.18 Å². The second-order valence-corrected chi connectivity index (χ2v) is 7.74. The van der Waals surface area contributed by atoms with E-state index in [1.54, 1.807) is 23.0 Å². The predicted molar refractivity (Wildman–Crippen MR) is 103 cm³/mol. The molecule has 1 N–H and O–H groups in total. The second kappa shape index (κ2) is 7.22. The number of nitrogens with zero attached hydrogens (tertiary/aromatic N) is 3. The molecule has 4 rings (SSSR count). The molecule has 1 aliphatic heterocycles. The van der Waals surface area contributed by atoms with Crippen molar-refractivity contribution in [3.05, 3.63) is 60.2 Å². The maximum atomic E-state index is 13.0. The van der Waals surface area contributed by atoms with Crippen molar-refractivity contribution in [2.24, 2.45) is 11.3 Å². The van der Waals surface area contributed by atoms with Crippen LogP contribution in [0, 0.1) is 17.2 Å². The monoisotopic (exact) mass is 382 g/mol. The Morgan fingerprint density at radius 3 is 2.79 bits per heavy atom. The molecular weight excluding hydrogens is 359 g/mol.